The van der Waals surface area contributed by atoms with Crippen molar-refractivity contribution in [3.8, 4) is 5.75 Å². The molecule has 0 aromatic heterocycles. The van der Waals surface area contributed by atoms with Crippen LogP contribution in [0.3, 0.4) is 0 Å². The van der Waals surface area contributed by atoms with Gasteiger partial charge in [0, 0.05) is 10.7 Å². The first kappa shape index (κ1) is 15.4. The van der Waals surface area contributed by atoms with Crippen molar-refractivity contribution in [1.29, 1.82) is 0 Å². The molecule has 2 aromatic carbocycles. The Morgan fingerprint density at radius 2 is 1.90 bits per heavy atom. The molecule has 0 saturated heterocycles. The van der Waals surface area contributed by atoms with Gasteiger partial charge in [-0.15, -0.1) is 0 Å². The molecule has 0 unspecified atom stereocenters. The number of benzene rings is 2. The Morgan fingerprint density at radius 3 is 2.62 bits per heavy atom. The van der Waals surface area contributed by atoms with Gasteiger partial charge in [0.25, 0.3) is 5.91 Å². The van der Waals surface area contributed by atoms with Gasteiger partial charge in [0.2, 0.25) is 0 Å². The molecule has 0 radical (unpaired) electrons. The summed E-state index contributed by atoms with van der Waals surface area (Å²) < 4.78 is 5.60. The van der Waals surface area contributed by atoms with E-state index < -0.39 is 6.10 Å². The predicted octanol–water partition coefficient (Wildman–Crippen LogP) is 4.36. The minimum absolute atomic E-state index is 0.191. The highest BCUT2D eigenvalue weighted by molar-refractivity contribution is 6.30. The first-order valence-electron chi connectivity index (χ1n) is 6.76. The highest BCUT2D eigenvalue weighted by atomic mass is 35.5. The molecule has 0 spiro atoms. The molecule has 2 rings (SSSR count). The van der Waals surface area contributed by atoms with E-state index in [0.717, 1.165) is 16.8 Å². The summed E-state index contributed by atoms with van der Waals surface area (Å²) in [6.07, 6.45) is -0.608. The topological polar surface area (TPSA) is 38.3 Å². The van der Waals surface area contributed by atoms with Crippen LogP contribution in [0.25, 0.3) is 0 Å². The third-order valence-corrected chi connectivity index (χ3v) is 3.58. The number of hydrogen-bond donors (Lipinski definition) is 1. The average molecular weight is 304 g/mol. The molecule has 0 aliphatic carbocycles. The van der Waals surface area contributed by atoms with Crippen molar-refractivity contribution in [2.75, 3.05) is 5.32 Å². The van der Waals surface area contributed by atoms with Crippen molar-refractivity contribution >= 4 is 23.2 Å². The minimum Gasteiger partial charge on any atom is -0.481 e. The lowest BCUT2D eigenvalue weighted by Crippen LogP contribution is -2.30. The lowest BCUT2D eigenvalue weighted by Gasteiger charge is -2.16. The average Bonchev–Trinajstić information content (AvgIpc) is 2.44. The summed E-state index contributed by atoms with van der Waals surface area (Å²) in [7, 11) is 0. The van der Waals surface area contributed by atoms with E-state index in [0.29, 0.717) is 10.8 Å². The third-order valence-electron chi connectivity index (χ3n) is 3.34. The summed E-state index contributed by atoms with van der Waals surface area (Å²) in [5.74, 6) is 0.384. The minimum atomic E-state index is -0.608. The van der Waals surface area contributed by atoms with Gasteiger partial charge in [-0.25, -0.2) is 0 Å². The summed E-state index contributed by atoms with van der Waals surface area (Å²) in [4.78, 5) is 12.2. The molecule has 3 nitrogen and oxygen atoms in total. The van der Waals surface area contributed by atoms with Crippen LogP contribution >= 0.6 is 11.6 Å². The number of halogens is 1. The van der Waals surface area contributed by atoms with Crippen LogP contribution in [-0.2, 0) is 4.79 Å². The Balaban J connectivity index is 2.04. The van der Waals surface area contributed by atoms with Crippen LogP contribution < -0.4 is 10.1 Å². The Hall–Kier alpha value is -2.00. The van der Waals surface area contributed by atoms with Gasteiger partial charge in [0.05, 0.1) is 0 Å². The van der Waals surface area contributed by atoms with E-state index in [1.165, 1.54) is 0 Å². The zero-order valence-electron chi connectivity index (χ0n) is 12.3. The summed E-state index contributed by atoms with van der Waals surface area (Å²) >= 11 is 5.90. The maximum atomic E-state index is 12.2. The number of nitrogens with one attached hydrogen (secondary N) is 1. The van der Waals surface area contributed by atoms with E-state index in [1.807, 2.05) is 32.0 Å². The van der Waals surface area contributed by atoms with Gasteiger partial charge in [-0.2, -0.15) is 0 Å². The monoisotopic (exact) mass is 303 g/mol. The van der Waals surface area contributed by atoms with E-state index in [4.69, 9.17) is 16.3 Å². The van der Waals surface area contributed by atoms with E-state index in [1.54, 1.807) is 31.2 Å². The fourth-order valence-corrected chi connectivity index (χ4v) is 2.10. The number of ether oxygens (including phenoxy) is 1. The van der Waals surface area contributed by atoms with Crippen molar-refractivity contribution in [3.63, 3.8) is 0 Å². The predicted molar refractivity (Wildman–Crippen MR) is 86.1 cm³/mol. The van der Waals surface area contributed by atoms with Crippen molar-refractivity contribution in [2.24, 2.45) is 0 Å². The smallest absolute Gasteiger partial charge is 0.265 e. The Bertz CT molecular complexity index is 655. The number of anilines is 1. The standard InChI is InChI=1S/C17H18ClNO2/c1-11-6-4-9-16(12(11)2)19-17(20)13(3)21-15-8-5-7-14(18)10-15/h4-10,13H,1-3H3,(H,19,20)/t13-/m1/s1. The van der Waals surface area contributed by atoms with Crippen molar-refractivity contribution in [3.05, 3.63) is 58.6 Å². The highest BCUT2D eigenvalue weighted by Gasteiger charge is 2.16. The van der Waals surface area contributed by atoms with Gasteiger partial charge in [-0.3, -0.25) is 4.79 Å². The lowest BCUT2D eigenvalue weighted by molar-refractivity contribution is -0.122. The van der Waals surface area contributed by atoms with Gasteiger partial charge in [-0.1, -0.05) is 29.8 Å². The summed E-state index contributed by atoms with van der Waals surface area (Å²) in [5.41, 5.74) is 3.00. The summed E-state index contributed by atoms with van der Waals surface area (Å²) in [6.45, 7) is 5.70. The molecule has 1 amide bonds. The van der Waals surface area contributed by atoms with Gasteiger partial charge in [0.15, 0.2) is 6.10 Å². The molecule has 0 saturated carbocycles. The van der Waals surface area contributed by atoms with Gasteiger partial charge >= 0.3 is 0 Å². The van der Waals surface area contributed by atoms with E-state index in [2.05, 4.69) is 5.32 Å². The Morgan fingerprint density at radius 1 is 1.19 bits per heavy atom. The van der Waals surface area contributed by atoms with Crippen molar-refractivity contribution in [1.82, 2.24) is 0 Å². The molecule has 2 aromatic rings. The van der Waals surface area contributed by atoms with E-state index in [9.17, 15) is 4.79 Å². The molecule has 1 N–H and O–H groups in total. The highest BCUT2D eigenvalue weighted by Crippen LogP contribution is 2.20. The van der Waals surface area contributed by atoms with Crippen LogP contribution in [0.5, 0.6) is 5.75 Å². The van der Waals surface area contributed by atoms with Gasteiger partial charge in [-0.05, 0) is 56.2 Å². The molecule has 4 heteroatoms. The Kier molecular flexibility index (Phi) is 4.86. The molecule has 110 valence electrons. The molecule has 0 bridgehead atoms. The lowest BCUT2D eigenvalue weighted by atomic mass is 10.1. The first-order chi connectivity index (χ1) is 9.97. The normalized spacial score (nSPS) is 11.8. The van der Waals surface area contributed by atoms with Crippen LogP contribution in [0.1, 0.15) is 18.1 Å². The maximum absolute atomic E-state index is 12.2. The van der Waals surface area contributed by atoms with Gasteiger partial charge < -0.3 is 10.1 Å². The van der Waals surface area contributed by atoms with Crippen LogP contribution in [-0.4, -0.2) is 12.0 Å². The van der Waals surface area contributed by atoms with Gasteiger partial charge in [0.1, 0.15) is 5.75 Å². The van der Waals surface area contributed by atoms with E-state index in [-0.39, 0.29) is 5.91 Å². The molecule has 0 aliphatic heterocycles. The number of carbonyl (C=O) groups is 1. The molecular formula is C17H18ClNO2. The second kappa shape index (κ2) is 6.64. The Labute approximate surface area is 129 Å². The number of aryl methyl sites for hydroxylation is 1. The third kappa shape index (κ3) is 3.99. The molecule has 0 heterocycles. The number of carbonyl (C=O) groups excluding carboxylic acids is 1. The molecule has 21 heavy (non-hydrogen) atoms. The van der Waals surface area contributed by atoms with Crippen LogP contribution in [0.2, 0.25) is 5.02 Å². The molecular weight excluding hydrogens is 286 g/mol. The summed E-state index contributed by atoms with van der Waals surface area (Å²) in [5, 5.41) is 3.47. The maximum Gasteiger partial charge on any atom is 0.265 e. The molecule has 0 aliphatic rings. The first-order valence-corrected chi connectivity index (χ1v) is 7.14. The fraction of sp³-hybridized carbons (Fsp3) is 0.235. The number of rotatable bonds is 4. The largest absolute Gasteiger partial charge is 0.481 e. The number of amides is 1. The zero-order valence-corrected chi connectivity index (χ0v) is 13.1. The molecule has 1 atom stereocenters. The van der Waals surface area contributed by atoms with E-state index >= 15 is 0 Å². The SMILES string of the molecule is Cc1cccc(NC(=O)[C@@H](C)Oc2cccc(Cl)c2)c1C. The van der Waals surface area contributed by atoms with Crippen LogP contribution in [0.4, 0.5) is 5.69 Å². The van der Waals surface area contributed by atoms with Crippen molar-refractivity contribution < 1.29 is 9.53 Å². The van der Waals surface area contributed by atoms with Crippen molar-refractivity contribution in [2.45, 2.75) is 26.9 Å². The second-order valence-electron chi connectivity index (χ2n) is 4.95. The van der Waals surface area contributed by atoms with Crippen LogP contribution in [0, 0.1) is 13.8 Å². The summed E-state index contributed by atoms with van der Waals surface area (Å²) in [6, 6.07) is 12.8. The second-order valence-corrected chi connectivity index (χ2v) is 5.39. The molecule has 0 fully saturated rings. The quantitative estimate of drug-likeness (QED) is 0.911. The van der Waals surface area contributed by atoms with Crippen LogP contribution in [0.15, 0.2) is 42.5 Å². The fourth-order valence-electron chi connectivity index (χ4n) is 1.92. The zero-order chi connectivity index (χ0) is 15.4. The number of hydrogen-bond acceptors (Lipinski definition) is 2.